The first-order valence-corrected chi connectivity index (χ1v) is 7.22. The summed E-state index contributed by atoms with van der Waals surface area (Å²) in [4.78, 5) is 0. The summed E-state index contributed by atoms with van der Waals surface area (Å²) in [6.45, 7) is 4.67. The maximum absolute atomic E-state index is 11.7. The molecule has 0 unspecified atom stereocenters. The van der Waals surface area contributed by atoms with Crippen LogP contribution in [0.25, 0.3) is 0 Å². The molecule has 0 aliphatic rings. The van der Waals surface area contributed by atoms with Crippen LogP contribution in [0.5, 0.6) is 0 Å². The molecule has 0 saturated heterocycles. The summed E-state index contributed by atoms with van der Waals surface area (Å²) in [5, 5.41) is 0. The average molecular weight is 241 g/mol. The van der Waals surface area contributed by atoms with Gasteiger partial charge >= 0.3 is 0 Å². The van der Waals surface area contributed by atoms with E-state index in [4.69, 9.17) is 0 Å². The average Bonchev–Trinajstić information content (AvgIpc) is 2.31. The van der Waals surface area contributed by atoms with Crippen LogP contribution in [-0.2, 0) is 16.4 Å². The molecule has 0 bridgehead atoms. The van der Waals surface area contributed by atoms with Crippen molar-refractivity contribution in [3.63, 3.8) is 0 Å². The van der Waals surface area contributed by atoms with Crippen molar-refractivity contribution in [3.05, 3.63) is 35.9 Å². The summed E-state index contributed by atoms with van der Waals surface area (Å²) >= 11 is 0. The molecule has 0 amide bonds. The van der Waals surface area contributed by atoms with Gasteiger partial charge in [0.25, 0.3) is 0 Å². The van der Waals surface area contributed by atoms with Crippen LogP contribution in [0.1, 0.15) is 19.4 Å². The van der Waals surface area contributed by atoms with Crippen molar-refractivity contribution in [2.45, 2.75) is 20.3 Å². The van der Waals surface area contributed by atoms with Crippen LogP contribution < -0.4 is 0 Å². The van der Waals surface area contributed by atoms with Gasteiger partial charge in [-0.2, -0.15) is 0 Å². The lowest BCUT2D eigenvalue weighted by atomic mass is 10.1. The summed E-state index contributed by atoms with van der Waals surface area (Å²) in [6.07, 6.45) is 0.772. The molecular weight excluding hydrogens is 222 g/mol. The van der Waals surface area contributed by atoms with Crippen LogP contribution in [0.4, 0.5) is 0 Å². The zero-order valence-corrected chi connectivity index (χ0v) is 10.7. The summed E-state index contributed by atoms with van der Waals surface area (Å²) < 4.78 is 24.9. The molecule has 0 fully saturated rings. The van der Waals surface area contributed by atoms with Gasteiger partial charge in [0.2, 0.25) is 10.0 Å². The molecule has 3 nitrogen and oxygen atoms in total. The molecule has 0 N–H and O–H groups in total. The van der Waals surface area contributed by atoms with Gasteiger partial charge in [-0.3, -0.25) is 0 Å². The van der Waals surface area contributed by atoms with Gasteiger partial charge in [0, 0.05) is 13.1 Å². The molecule has 0 aliphatic carbocycles. The first-order chi connectivity index (χ1) is 7.60. The molecule has 0 atom stereocenters. The number of nitrogens with zero attached hydrogens (tertiary/aromatic N) is 1. The van der Waals surface area contributed by atoms with Crippen molar-refractivity contribution in [1.29, 1.82) is 0 Å². The smallest absolute Gasteiger partial charge is 0.212 e. The van der Waals surface area contributed by atoms with E-state index in [1.165, 1.54) is 5.56 Å². The maximum Gasteiger partial charge on any atom is 0.213 e. The van der Waals surface area contributed by atoms with Gasteiger partial charge in [0.15, 0.2) is 0 Å². The van der Waals surface area contributed by atoms with Crippen molar-refractivity contribution >= 4 is 10.0 Å². The molecule has 0 spiro atoms. The minimum absolute atomic E-state index is 0.176. The fourth-order valence-electron chi connectivity index (χ4n) is 1.57. The van der Waals surface area contributed by atoms with Gasteiger partial charge in [0.05, 0.1) is 5.75 Å². The number of benzene rings is 1. The third-order valence-corrected chi connectivity index (χ3v) is 4.56. The zero-order chi connectivity index (χ0) is 12.0. The lowest BCUT2D eigenvalue weighted by Crippen LogP contribution is -2.33. The van der Waals surface area contributed by atoms with Crippen LogP contribution in [0.3, 0.4) is 0 Å². The number of likely N-dealkylation sites (N-methyl/N-ethyl adjacent to an activating group) is 1. The van der Waals surface area contributed by atoms with Crippen molar-refractivity contribution in [1.82, 2.24) is 4.31 Å². The minimum atomic E-state index is -3.05. The van der Waals surface area contributed by atoms with E-state index < -0.39 is 10.0 Å². The minimum Gasteiger partial charge on any atom is -0.212 e. The first kappa shape index (κ1) is 13.2. The van der Waals surface area contributed by atoms with Gasteiger partial charge in [-0.15, -0.1) is 0 Å². The molecule has 1 aromatic rings. The Balaban J connectivity index is 2.60. The van der Waals surface area contributed by atoms with E-state index in [2.05, 4.69) is 0 Å². The molecule has 0 saturated carbocycles. The van der Waals surface area contributed by atoms with Crippen LogP contribution in [-0.4, -0.2) is 31.6 Å². The largest absolute Gasteiger partial charge is 0.213 e. The van der Waals surface area contributed by atoms with E-state index in [1.54, 1.807) is 11.2 Å². The van der Waals surface area contributed by atoms with Crippen LogP contribution in [0.2, 0.25) is 0 Å². The molecule has 1 aromatic carbocycles. The molecule has 0 aromatic heterocycles. The Morgan fingerprint density at radius 3 is 2.25 bits per heavy atom. The van der Waals surface area contributed by atoms with Gasteiger partial charge in [-0.05, 0) is 18.9 Å². The Labute approximate surface area is 98.1 Å². The molecular formula is C12H19NO2S. The second kappa shape index (κ2) is 6.01. The number of sulfonamides is 1. The molecule has 0 heterocycles. The summed E-state index contributed by atoms with van der Waals surface area (Å²) in [5.74, 6) is 0.176. The summed E-state index contributed by atoms with van der Waals surface area (Å²) in [6, 6.07) is 9.95. The van der Waals surface area contributed by atoms with E-state index in [-0.39, 0.29) is 5.75 Å². The summed E-state index contributed by atoms with van der Waals surface area (Å²) in [7, 11) is -3.05. The Hall–Kier alpha value is -0.870. The predicted molar refractivity (Wildman–Crippen MR) is 66.9 cm³/mol. The zero-order valence-electron chi connectivity index (χ0n) is 9.89. The van der Waals surface area contributed by atoms with E-state index in [0.29, 0.717) is 13.1 Å². The van der Waals surface area contributed by atoms with Gasteiger partial charge in [-0.25, -0.2) is 12.7 Å². The third-order valence-electron chi connectivity index (χ3n) is 2.60. The molecule has 16 heavy (non-hydrogen) atoms. The van der Waals surface area contributed by atoms with Gasteiger partial charge in [-0.1, -0.05) is 37.3 Å². The van der Waals surface area contributed by atoms with Crippen molar-refractivity contribution < 1.29 is 8.42 Å². The molecule has 0 aliphatic heterocycles. The summed E-state index contributed by atoms with van der Waals surface area (Å²) in [5.41, 5.74) is 1.17. The van der Waals surface area contributed by atoms with Crippen LogP contribution >= 0.6 is 0 Å². The monoisotopic (exact) mass is 241 g/mol. The Kier molecular flexibility index (Phi) is 4.96. The third kappa shape index (κ3) is 3.61. The van der Waals surface area contributed by atoms with Crippen LogP contribution in [0, 0.1) is 0 Å². The van der Waals surface area contributed by atoms with E-state index in [0.717, 1.165) is 6.42 Å². The first-order valence-electron chi connectivity index (χ1n) is 5.62. The lowest BCUT2D eigenvalue weighted by Gasteiger charge is -2.19. The van der Waals surface area contributed by atoms with Crippen molar-refractivity contribution in [2.24, 2.45) is 0 Å². The Morgan fingerprint density at radius 1 is 1.12 bits per heavy atom. The molecule has 4 heteroatoms. The van der Waals surface area contributed by atoms with E-state index in [9.17, 15) is 8.42 Å². The fourth-order valence-corrected chi connectivity index (χ4v) is 2.70. The second-order valence-electron chi connectivity index (χ2n) is 3.63. The SMILES string of the molecule is CCN(CCc1ccccc1)S(=O)(=O)CC. The highest BCUT2D eigenvalue weighted by atomic mass is 32.2. The predicted octanol–water partition coefficient (Wildman–Crippen LogP) is 1.90. The van der Waals surface area contributed by atoms with Crippen LogP contribution in [0.15, 0.2) is 30.3 Å². The van der Waals surface area contributed by atoms with E-state index in [1.807, 2.05) is 37.3 Å². The topological polar surface area (TPSA) is 37.4 Å². The fraction of sp³-hybridized carbons (Fsp3) is 0.500. The normalized spacial score (nSPS) is 11.9. The quantitative estimate of drug-likeness (QED) is 0.763. The highest BCUT2D eigenvalue weighted by Gasteiger charge is 2.17. The molecule has 1 rings (SSSR count). The van der Waals surface area contributed by atoms with Crippen molar-refractivity contribution in [3.8, 4) is 0 Å². The van der Waals surface area contributed by atoms with Crippen molar-refractivity contribution in [2.75, 3.05) is 18.8 Å². The highest BCUT2D eigenvalue weighted by Crippen LogP contribution is 2.05. The maximum atomic E-state index is 11.7. The second-order valence-corrected chi connectivity index (χ2v) is 5.89. The number of hydrogen-bond donors (Lipinski definition) is 0. The molecule has 0 radical (unpaired) electrons. The van der Waals surface area contributed by atoms with Gasteiger partial charge in [0.1, 0.15) is 0 Å². The number of hydrogen-bond acceptors (Lipinski definition) is 2. The van der Waals surface area contributed by atoms with E-state index >= 15 is 0 Å². The standard InChI is InChI=1S/C12H19NO2S/c1-3-13(16(14,15)4-2)11-10-12-8-6-5-7-9-12/h5-9H,3-4,10-11H2,1-2H3. The Bertz CT molecular complexity index is 400. The highest BCUT2D eigenvalue weighted by molar-refractivity contribution is 7.89. The lowest BCUT2D eigenvalue weighted by molar-refractivity contribution is 0.432. The number of rotatable bonds is 6. The Morgan fingerprint density at radius 2 is 1.75 bits per heavy atom. The van der Waals surface area contributed by atoms with Gasteiger partial charge < -0.3 is 0 Å². The molecule has 90 valence electrons.